The third-order valence-corrected chi connectivity index (χ3v) is 7.46. The van der Waals surface area contributed by atoms with E-state index in [0.29, 0.717) is 36.6 Å². The van der Waals surface area contributed by atoms with E-state index in [1.165, 1.54) is 45.2 Å². The number of urea groups is 1. The number of carbonyl (C=O) groups is 1. The van der Waals surface area contributed by atoms with E-state index in [0.717, 1.165) is 18.5 Å². The van der Waals surface area contributed by atoms with Gasteiger partial charge in [0.25, 0.3) is 0 Å². The maximum absolute atomic E-state index is 13.6. The van der Waals surface area contributed by atoms with E-state index in [1.807, 2.05) is 23.1 Å². The van der Waals surface area contributed by atoms with Crippen LogP contribution in [0.4, 0.5) is 4.79 Å². The zero-order chi connectivity index (χ0) is 24.5. The Morgan fingerprint density at radius 1 is 1.09 bits per heavy atom. The number of methoxy groups -OCH3 is 3. The summed E-state index contributed by atoms with van der Waals surface area (Å²) in [6.07, 6.45) is 7.16. The van der Waals surface area contributed by atoms with Crippen molar-refractivity contribution in [1.29, 1.82) is 0 Å². The van der Waals surface area contributed by atoms with Crippen molar-refractivity contribution in [2.45, 2.75) is 64.5 Å². The van der Waals surface area contributed by atoms with Gasteiger partial charge in [-0.05, 0) is 74.7 Å². The van der Waals surface area contributed by atoms with Gasteiger partial charge in [-0.3, -0.25) is 0 Å². The molecule has 2 saturated heterocycles. The fourth-order valence-corrected chi connectivity index (χ4v) is 5.65. The van der Waals surface area contributed by atoms with Gasteiger partial charge >= 0.3 is 6.03 Å². The van der Waals surface area contributed by atoms with E-state index in [-0.39, 0.29) is 18.0 Å². The van der Waals surface area contributed by atoms with Crippen LogP contribution in [0.25, 0.3) is 0 Å². The van der Waals surface area contributed by atoms with Crippen LogP contribution in [-0.4, -0.2) is 76.0 Å². The molecule has 0 aromatic heterocycles. The first kappa shape index (κ1) is 26.6. The highest BCUT2D eigenvalue weighted by Gasteiger charge is 2.35. The third-order valence-electron chi connectivity index (χ3n) is 7.46. The van der Waals surface area contributed by atoms with Crippen molar-refractivity contribution < 1.29 is 19.0 Å². The summed E-state index contributed by atoms with van der Waals surface area (Å²) in [5.41, 5.74) is 1.02. The van der Waals surface area contributed by atoms with Crippen molar-refractivity contribution in [3.8, 4) is 11.5 Å². The molecule has 3 rings (SSSR count). The van der Waals surface area contributed by atoms with Crippen molar-refractivity contribution >= 4 is 6.03 Å². The minimum Gasteiger partial charge on any atom is -0.493 e. The predicted molar refractivity (Wildman–Crippen MR) is 136 cm³/mol. The lowest BCUT2D eigenvalue weighted by Crippen LogP contribution is -2.53. The summed E-state index contributed by atoms with van der Waals surface area (Å²) in [6.45, 7) is 8.88. The van der Waals surface area contributed by atoms with Crippen LogP contribution in [0, 0.1) is 11.8 Å². The van der Waals surface area contributed by atoms with Gasteiger partial charge in [0.1, 0.15) is 0 Å². The minimum absolute atomic E-state index is 0.0116. The number of nitrogens with one attached hydrogen (secondary N) is 1. The topological polar surface area (TPSA) is 63.3 Å². The zero-order valence-electron chi connectivity index (χ0n) is 21.8. The lowest BCUT2D eigenvalue weighted by atomic mass is 9.83. The Balaban J connectivity index is 1.75. The fourth-order valence-electron chi connectivity index (χ4n) is 5.65. The second-order valence-electron chi connectivity index (χ2n) is 10.1. The number of benzene rings is 1. The molecule has 2 heterocycles. The average molecular weight is 476 g/mol. The Morgan fingerprint density at radius 2 is 1.85 bits per heavy atom. The number of rotatable bonds is 11. The van der Waals surface area contributed by atoms with Crippen LogP contribution in [0.2, 0.25) is 0 Å². The van der Waals surface area contributed by atoms with Crippen LogP contribution in [0.15, 0.2) is 18.2 Å². The molecular weight excluding hydrogens is 430 g/mol. The van der Waals surface area contributed by atoms with E-state index in [4.69, 9.17) is 14.2 Å². The van der Waals surface area contributed by atoms with E-state index in [2.05, 4.69) is 24.1 Å². The molecule has 0 bridgehead atoms. The molecule has 3 atom stereocenters. The molecule has 0 aliphatic carbocycles. The van der Waals surface area contributed by atoms with E-state index in [9.17, 15) is 4.79 Å². The van der Waals surface area contributed by atoms with Crippen molar-refractivity contribution in [3.63, 3.8) is 0 Å². The number of hydrogen-bond acceptors (Lipinski definition) is 5. The fraction of sp³-hybridized carbons (Fsp3) is 0.741. The first-order valence-corrected chi connectivity index (χ1v) is 13.0. The Bertz CT molecular complexity index is 770. The Kier molecular flexibility index (Phi) is 10.3. The summed E-state index contributed by atoms with van der Waals surface area (Å²) < 4.78 is 16.2. The van der Waals surface area contributed by atoms with E-state index in [1.54, 1.807) is 21.3 Å². The molecule has 7 nitrogen and oxygen atoms in total. The van der Waals surface area contributed by atoms with Crippen LogP contribution in [-0.2, 0) is 4.74 Å². The van der Waals surface area contributed by atoms with Crippen molar-refractivity contribution in [3.05, 3.63) is 23.8 Å². The van der Waals surface area contributed by atoms with Gasteiger partial charge < -0.3 is 29.3 Å². The highest BCUT2D eigenvalue weighted by Crippen LogP contribution is 2.33. The summed E-state index contributed by atoms with van der Waals surface area (Å²) in [5.74, 6) is 2.14. The number of ether oxygens (including phenoxy) is 3. The summed E-state index contributed by atoms with van der Waals surface area (Å²) in [4.78, 5) is 18.4. The molecule has 1 unspecified atom stereocenters. The number of hydrogen-bond donors (Lipinski definition) is 1. The summed E-state index contributed by atoms with van der Waals surface area (Å²) in [6, 6.07) is 6.41. The average Bonchev–Trinajstić information content (AvgIpc) is 2.86. The molecule has 192 valence electrons. The van der Waals surface area contributed by atoms with Crippen LogP contribution in [0.5, 0.6) is 11.5 Å². The normalized spacial score (nSPS) is 21.6. The van der Waals surface area contributed by atoms with Gasteiger partial charge in [0, 0.05) is 32.8 Å². The first-order chi connectivity index (χ1) is 16.5. The molecule has 1 aromatic carbocycles. The second kappa shape index (κ2) is 13.2. The monoisotopic (exact) mass is 475 g/mol. The Labute approximate surface area is 206 Å². The molecule has 34 heavy (non-hydrogen) atoms. The number of carbonyl (C=O) groups excluding carboxylic acids is 1. The summed E-state index contributed by atoms with van der Waals surface area (Å²) in [5, 5.41) is 3.35. The molecule has 2 aliphatic rings. The molecule has 0 saturated carbocycles. The lowest BCUT2D eigenvalue weighted by Gasteiger charge is -2.45. The highest BCUT2D eigenvalue weighted by atomic mass is 16.5. The first-order valence-electron chi connectivity index (χ1n) is 13.0. The van der Waals surface area contributed by atoms with Gasteiger partial charge in [-0.25, -0.2) is 4.79 Å². The molecule has 2 fully saturated rings. The summed E-state index contributed by atoms with van der Waals surface area (Å²) >= 11 is 0. The maximum Gasteiger partial charge on any atom is 0.317 e. The van der Waals surface area contributed by atoms with Gasteiger partial charge in [-0.1, -0.05) is 26.3 Å². The van der Waals surface area contributed by atoms with Crippen molar-refractivity contribution in [1.82, 2.24) is 15.1 Å². The SMILES string of the molecule is COCCCN(C[C@@H]1CCCN2CCCC[C@H]12)C(=O)NC(c1ccc(OC)c(OC)c1)C(C)C. The lowest BCUT2D eigenvalue weighted by molar-refractivity contribution is 0.0442. The van der Waals surface area contributed by atoms with Gasteiger partial charge in [-0.2, -0.15) is 0 Å². The molecule has 0 radical (unpaired) electrons. The molecule has 2 amide bonds. The van der Waals surface area contributed by atoms with Crippen LogP contribution in [0.1, 0.15) is 64.0 Å². The van der Waals surface area contributed by atoms with E-state index < -0.39 is 0 Å². The molecule has 1 aromatic rings. The summed E-state index contributed by atoms with van der Waals surface area (Å²) in [7, 11) is 4.99. The maximum atomic E-state index is 13.6. The number of piperidine rings is 2. The van der Waals surface area contributed by atoms with Crippen molar-refractivity contribution in [2.75, 3.05) is 54.1 Å². The van der Waals surface area contributed by atoms with Gasteiger partial charge in [-0.15, -0.1) is 0 Å². The number of fused-ring (bicyclic) bond motifs is 1. The molecule has 2 aliphatic heterocycles. The Morgan fingerprint density at radius 3 is 2.56 bits per heavy atom. The third kappa shape index (κ3) is 6.79. The molecule has 7 heteroatoms. The number of nitrogens with zero attached hydrogens (tertiary/aromatic N) is 2. The van der Waals surface area contributed by atoms with E-state index >= 15 is 0 Å². The Hall–Kier alpha value is -1.99. The molecular formula is C27H45N3O4. The van der Waals surface area contributed by atoms with Crippen LogP contribution >= 0.6 is 0 Å². The van der Waals surface area contributed by atoms with Gasteiger partial charge in [0.05, 0.1) is 20.3 Å². The minimum atomic E-state index is -0.116. The largest absolute Gasteiger partial charge is 0.493 e. The van der Waals surface area contributed by atoms with Crippen molar-refractivity contribution in [2.24, 2.45) is 11.8 Å². The zero-order valence-corrected chi connectivity index (χ0v) is 21.8. The van der Waals surface area contributed by atoms with Gasteiger partial charge in [0.2, 0.25) is 0 Å². The predicted octanol–water partition coefficient (Wildman–Crippen LogP) is 4.71. The smallest absolute Gasteiger partial charge is 0.317 e. The van der Waals surface area contributed by atoms with Gasteiger partial charge in [0.15, 0.2) is 11.5 Å². The molecule has 0 spiro atoms. The standard InChI is InChI=1S/C27H45N3O4/c1-20(2)26(21-12-13-24(33-4)25(18-21)34-5)28-27(31)30(16-9-17-32-3)19-22-10-8-15-29-14-7-6-11-23(22)29/h12-13,18,20,22-23,26H,6-11,14-17,19H2,1-5H3,(H,28,31)/t22-,23+,26?/m0/s1. The number of amides is 2. The van der Waals surface area contributed by atoms with Crippen LogP contribution < -0.4 is 14.8 Å². The quantitative estimate of drug-likeness (QED) is 0.470. The van der Waals surface area contributed by atoms with Crippen LogP contribution in [0.3, 0.4) is 0 Å². The highest BCUT2D eigenvalue weighted by molar-refractivity contribution is 5.75. The molecule has 1 N–H and O–H groups in total. The second-order valence-corrected chi connectivity index (χ2v) is 10.1.